The molecule has 122 valence electrons. The summed E-state index contributed by atoms with van der Waals surface area (Å²) in [5.41, 5.74) is 0. The van der Waals surface area contributed by atoms with Crippen LogP contribution in [0.15, 0.2) is 29.2 Å². The van der Waals surface area contributed by atoms with Crippen molar-refractivity contribution in [1.29, 1.82) is 0 Å². The summed E-state index contributed by atoms with van der Waals surface area (Å²) in [5.74, 6) is 1.87. The zero-order valence-electron chi connectivity index (χ0n) is 13.5. The van der Waals surface area contributed by atoms with Gasteiger partial charge in [0.2, 0.25) is 5.91 Å². The summed E-state index contributed by atoms with van der Waals surface area (Å²) in [4.78, 5) is 15.5. The Balaban J connectivity index is 1.64. The molecule has 1 amide bonds. The molecule has 1 aromatic rings. The van der Waals surface area contributed by atoms with E-state index in [0.717, 1.165) is 23.7 Å². The lowest BCUT2D eigenvalue weighted by atomic mass is 10.1. The third kappa shape index (κ3) is 5.89. The first-order valence-corrected chi connectivity index (χ1v) is 8.92. The number of carbonyl (C=O) groups excluding carboxylic acids is 1. The van der Waals surface area contributed by atoms with Gasteiger partial charge in [-0.25, -0.2) is 0 Å². The second-order valence-corrected chi connectivity index (χ2v) is 6.93. The molecular weight excluding hydrogens is 296 g/mol. The Morgan fingerprint density at radius 1 is 1.41 bits per heavy atom. The van der Waals surface area contributed by atoms with Crippen molar-refractivity contribution in [2.45, 2.75) is 24.7 Å². The monoisotopic (exact) mass is 322 g/mol. The van der Waals surface area contributed by atoms with E-state index in [-0.39, 0.29) is 5.91 Å². The summed E-state index contributed by atoms with van der Waals surface area (Å²) in [5, 5.41) is 3.04. The lowest BCUT2D eigenvalue weighted by Crippen LogP contribution is -2.35. The van der Waals surface area contributed by atoms with Crippen LogP contribution in [0, 0.1) is 5.92 Å². The molecule has 1 heterocycles. The van der Waals surface area contributed by atoms with Crippen LogP contribution in [0.4, 0.5) is 0 Å². The maximum absolute atomic E-state index is 11.9. The van der Waals surface area contributed by atoms with E-state index in [0.29, 0.717) is 11.7 Å². The highest BCUT2D eigenvalue weighted by molar-refractivity contribution is 8.00. The predicted octanol–water partition coefficient (Wildman–Crippen LogP) is 2.64. The summed E-state index contributed by atoms with van der Waals surface area (Å²) in [6.07, 6.45) is 2.63. The Morgan fingerprint density at radius 3 is 2.91 bits per heavy atom. The van der Waals surface area contributed by atoms with Gasteiger partial charge in [0.25, 0.3) is 0 Å². The van der Waals surface area contributed by atoms with E-state index in [2.05, 4.69) is 17.1 Å². The molecule has 1 aliphatic rings. The first kappa shape index (κ1) is 17.2. The van der Waals surface area contributed by atoms with Gasteiger partial charge in [-0.1, -0.05) is 13.0 Å². The Hall–Kier alpha value is -1.20. The summed E-state index contributed by atoms with van der Waals surface area (Å²) in [6.45, 7) is 6.47. The molecule has 2 rings (SSSR count). The van der Waals surface area contributed by atoms with Gasteiger partial charge in [0.15, 0.2) is 0 Å². The Morgan fingerprint density at radius 2 is 2.18 bits per heavy atom. The fourth-order valence-corrected chi connectivity index (χ4v) is 3.42. The lowest BCUT2D eigenvalue weighted by Gasteiger charge is -2.20. The second kappa shape index (κ2) is 9.06. The van der Waals surface area contributed by atoms with E-state index in [1.807, 2.05) is 24.3 Å². The molecule has 5 heteroatoms. The highest BCUT2D eigenvalue weighted by Gasteiger charge is 2.15. The number of hydrogen-bond acceptors (Lipinski definition) is 4. The van der Waals surface area contributed by atoms with Gasteiger partial charge in [-0.3, -0.25) is 4.79 Å². The van der Waals surface area contributed by atoms with E-state index in [1.54, 1.807) is 18.9 Å². The standard InChI is InChI=1S/C17H26N2O2S/c1-14(12-19-8-3-4-9-19)11-18-17(20)13-22-16-7-5-6-15(10-16)21-2/h5-7,10,14H,3-4,8-9,11-13H2,1-2H3,(H,18,20). The van der Waals surface area contributed by atoms with E-state index in [9.17, 15) is 4.79 Å². The molecule has 0 saturated carbocycles. The zero-order valence-corrected chi connectivity index (χ0v) is 14.3. The Bertz CT molecular complexity index is 475. The maximum Gasteiger partial charge on any atom is 0.230 e. The molecule has 0 aromatic heterocycles. The van der Waals surface area contributed by atoms with Gasteiger partial charge in [0.05, 0.1) is 12.9 Å². The average Bonchev–Trinajstić information content (AvgIpc) is 3.04. The number of methoxy groups -OCH3 is 1. The molecule has 0 radical (unpaired) electrons. The molecule has 1 aromatic carbocycles. The molecule has 4 nitrogen and oxygen atoms in total. The number of ether oxygens (including phenoxy) is 1. The van der Waals surface area contributed by atoms with Crippen LogP contribution >= 0.6 is 11.8 Å². The van der Waals surface area contributed by atoms with Gasteiger partial charge in [-0.05, 0) is 50.0 Å². The van der Waals surface area contributed by atoms with Crippen molar-refractivity contribution in [3.63, 3.8) is 0 Å². The van der Waals surface area contributed by atoms with Crippen molar-refractivity contribution in [2.24, 2.45) is 5.92 Å². The molecule has 1 N–H and O–H groups in total. The van der Waals surface area contributed by atoms with Gasteiger partial charge in [0.1, 0.15) is 5.75 Å². The van der Waals surface area contributed by atoms with Crippen LogP contribution in [0.25, 0.3) is 0 Å². The quantitative estimate of drug-likeness (QED) is 0.747. The topological polar surface area (TPSA) is 41.6 Å². The van der Waals surface area contributed by atoms with Gasteiger partial charge < -0.3 is 15.0 Å². The Labute approximate surface area is 137 Å². The predicted molar refractivity (Wildman–Crippen MR) is 91.6 cm³/mol. The van der Waals surface area contributed by atoms with Crippen LogP contribution in [0.1, 0.15) is 19.8 Å². The van der Waals surface area contributed by atoms with Crippen molar-refractivity contribution in [3.05, 3.63) is 24.3 Å². The summed E-state index contributed by atoms with van der Waals surface area (Å²) in [7, 11) is 1.65. The van der Waals surface area contributed by atoms with Crippen molar-refractivity contribution < 1.29 is 9.53 Å². The number of nitrogens with zero attached hydrogens (tertiary/aromatic N) is 1. The number of rotatable bonds is 8. The minimum atomic E-state index is 0.0982. The lowest BCUT2D eigenvalue weighted by molar-refractivity contribution is -0.118. The van der Waals surface area contributed by atoms with E-state index >= 15 is 0 Å². The molecule has 0 spiro atoms. The summed E-state index contributed by atoms with van der Waals surface area (Å²) < 4.78 is 5.19. The number of thioether (sulfide) groups is 1. The van der Waals surface area contributed by atoms with Gasteiger partial charge >= 0.3 is 0 Å². The second-order valence-electron chi connectivity index (χ2n) is 5.88. The van der Waals surface area contributed by atoms with Crippen molar-refractivity contribution in [3.8, 4) is 5.75 Å². The first-order valence-electron chi connectivity index (χ1n) is 7.93. The molecule has 0 aliphatic carbocycles. The Kier molecular flexibility index (Phi) is 7.06. The molecule has 1 atom stereocenters. The van der Waals surface area contributed by atoms with Crippen molar-refractivity contribution >= 4 is 17.7 Å². The number of benzene rings is 1. The summed E-state index contributed by atoms with van der Waals surface area (Å²) in [6, 6.07) is 7.80. The average molecular weight is 322 g/mol. The number of carbonyl (C=O) groups is 1. The SMILES string of the molecule is COc1cccc(SCC(=O)NCC(C)CN2CCCC2)c1. The largest absolute Gasteiger partial charge is 0.497 e. The van der Waals surface area contributed by atoms with Crippen LogP contribution < -0.4 is 10.1 Å². The molecule has 1 fully saturated rings. The molecule has 0 bridgehead atoms. The number of likely N-dealkylation sites (tertiary alicyclic amines) is 1. The molecule has 22 heavy (non-hydrogen) atoms. The normalized spacial score (nSPS) is 16.5. The van der Waals surface area contributed by atoms with Gasteiger partial charge in [-0.15, -0.1) is 11.8 Å². The van der Waals surface area contributed by atoms with E-state index < -0.39 is 0 Å². The molecule has 1 unspecified atom stereocenters. The highest BCUT2D eigenvalue weighted by atomic mass is 32.2. The number of amides is 1. The van der Waals surface area contributed by atoms with Crippen molar-refractivity contribution in [2.75, 3.05) is 39.0 Å². The smallest absolute Gasteiger partial charge is 0.230 e. The van der Waals surface area contributed by atoms with E-state index in [4.69, 9.17) is 4.74 Å². The first-order chi connectivity index (χ1) is 10.7. The third-order valence-electron chi connectivity index (χ3n) is 3.83. The minimum Gasteiger partial charge on any atom is -0.497 e. The van der Waals surface area contributed by atoms with Crippen molar-refractivity contribution in [1.82, 2.24) is 10.2 Å². The fourth-order valence-electron chi connectivity index (χ4n) is 2.65. The maximum atomic E-state index is 11.9. The van der Waals surface area contributed by atoms with Crippen LogP contribution in [-0.4, -0.2) is 49.8 Å². The minimum absolute atomic E-state index is 0.0982. The van der Waals surface area contributed by atoms with Gasteiger partial charge in [-0.2, -0.15) is 0 Å². The summed E-state index contributed by atoms with van der Waals surface area (Å²) >= 11 is 1.54. The number of nitrogens with one attached hydrogen (secondary N) is 1. The fraction of sp³-hybridized carbons (Fsp3) is 0.588. The van der Waals surface area contributed by atoms with Crippen LogP contribution in [0.3, 0.4) is 0 Å². The number of hydrogen-bond donors (Lipinski definition) is 1. The van der Waals surface area contributed by atoms with Crippen LogP contribution in [0.5, 0.6) is 5.75 Å². The van der Waals surface area contributed by atoms with Crippen LogP contribution in [0.2, 0.25) is 0 Å². The zero-order chi connectivity index (χ0) is 15.8. The van der Waals surface area contributed by atoms with E-state index in [1.165, 1.54) is 25.9 Å². The molecule has 1 aliphatic heterocycles. The van der Waals surface area contributed by atoms with Crippen LogP contribution in [-0.2, 0) is 4.79 Å². The van der Waals surface area contributed by atoms with Gasteiger partial charge in [0, 0.05) is 18.0 Å². The highest BCUT2D eigenvalue weighted by Crippen LogP contribution is 2.22. The molecular formula is C17H26N2O2S. The third-order valence-corrected chi connectivity index (χ3v) is 4.82. The molecule has 1 saturated heterocycles.